The summed E-state index contributed by atoms with van der Waals surface area (Å²) >= 11 is 1.10. The number of benzene rings is 2. The first-order valence-electron chi connectivity index (χ1n) is 8.70. The minimum atomic E-state index is -1.02. The van der Waals surface area contributed by atoms with Gasteiger partial charge in [-0.05, 0) is 49.2 Å². The van der Waals surface area contributed by atoms with E-state index in [1.54, 1.807) is 0 Å². The number of nitrogens with zero attached hydrogens (tertiary/aromatic N) is 2. The maximum Gasteiger partial charge on any atom is 0.335 e. The van der Waals surface area contributed by atoms with Crippen molar-refractivity contribution in [2.75, 3.05) is 11.1 Å². The second-order valence-corrected chi connectivity index (χ2v) is 7.12. The number of para-hydroxylation sites is 1. The molecule has 0 aliphatic rings. The Morgan fingerprint density at radius 3 is 2.45 bits per heavy atom. The van der Waals surface area contributed by atoms with Crippen molar-refractivity contribution in [2.45, 2.75) is 25.7 Å². The molecule has 150 valence electrons. The van der Waals surface area contributed by atoms with Crippen molar-refractivity contribution in [3.05, 3.63) is 65.0 Å². The van der Waals surface area contributed by atoms with E-state index in [0.717, 1.165) is 28.6 Å². The van der Waals surface area contributed by atoms with Gasteiger partial charge in [0.05, 0.1) is 11.3 Å². The molecule has 1 aromatic heterocycles. The zero-order chi connectivity index (χ0) is 20.8. The number of thioether (sulfide) groups is 1. The fourth-order valence-electron chi connectivity index (χ4n) is 2.54. The number of aromatic nitrogens is 2. The highest BCUT2D eigenvalue weighted by Crippen LogP contribution is 2.24. The lowest BCUT2D eigenvalue weighted by molar-refractivity contribution is -0.113. The van der Waals surface area contributed by atoms with Crippen LogP contribution in [0.2, 0.25) is 0 Å². The van der Waals surface area contributed by atoms with E-state index in [4.69, 9.17) is 14.3 Å². The van der Waals surface area contributed by atoms with Gasteiger partial charge in [0.2, 0.25) is 5.91 Å². The summed E-state index contributed by atoms with van der Waals surface area (Å²) in [5, 5.41) is 19.7. The van der Waals surface area contributed by atoms with Gasteiger partial charge in [0.25, 0.3) is 11.1 Å². The Labute approximate surface area is 171 Å². The molecule has 0 bridgehead atoms. The van der Waals surface area contributed by atoms with Crippen molar-refractivity contribution >= 4 is 29.3 Å². The maximum atomic E-state index is 12.0. The maximum absolute atomic E-state index is 12.0. The third-order valence-electron chi connectivity index (χ3n) is 3.94. The summed E-state index contributed by atoms with van der Waals surface area (Å²) in [6.07, 6.45) is 0. The SMILES string of the molecule is Cc1cccc(C)c1OCc1nnc(SCC(=O)Nc2ccc(C(=O)O)cc2)o1. The highest BCUT2D eigenvalue weighted by molar-refractivity contribution is 7.99. The Morgan fingerprint density at radius 1 is 1.10 bits per heavy atom. The summed E-state index contributed by atoms with van der Waals surface area (Å²) in [5.74, 6) is -0.120. The van der Waals surface area contributed by atoms with E-state index >= 15 is 0 Å². The Kier molecular flexibility index (Phi) is 6.50. The fourth-order valence-corrected chi connectivity index (χ4v) is 3.12. The second-order valence-electron chi connectivity index (χ2n) is 6.19. The van der Waals surface area contributed by atoms with Crippen molar-refractivity contribution in [1.29, 1.82) is 0 Å². The number of carboxylic acids is 1. The molecule has 0 atom stereocenters. The molecule has 0 unspecified atom stereocenters. The first-order chi connectivity index (χ1) is 13.9. The first kappa shape index (κ1) is 20.4. The third kappa shape index (κ3) is 5.58. The lowest BCUT2D eigenvalue weighted by Gasteiger charge is -2.09. The summed E-state index contributed by atoms with van der Waals surface area (Å²) < 4.78 is 11.3. The van der Waals surface area contributed by atoms with E-state index in [9.17, 15) is 9.59 Å². The van der Waals surface area contributed by atoms with Gasteiger partial charge in [-0.15, -0.1) is 10.2 Å². The van der Waals surface area contributed by atoms with Gasteiger partial charge in [0, 0.05) is 5.69 Å². The molecule has 0 saturated heterocycles. The fraction of sp³-hybridized carbons (Fsp3) is 0.200. The summed E-state index contributed by atoms with van der Waals surface area (Å²) in [6, 6.07) is 11.8. The van der Waals surface area contributed by atoms with Crippen LogP contribution in [0.15, 0.2) is 52.1 Å². The van der Waals surface area contributed by atoms with Crippen LogP contribution in [-0.2, 0) is 11.4 Å². The number of nitrogens with one attached hydrogen (secondary N) is 1. The molecule has 0 radical (unpaired) electrons. The third-order valence-corrected chi connectivity index (χ3v) is 4.76. The number of carboxylic acid groups (broad SMARTS) is 1. The Bertz CT molecular complexity index is 997. The molecular weight excluding hydrogens is 394 g/mol. The number of hydrogen-bond donors (Lipinski definition) is 2. The second kappa shape index (κ2) is 9.24. The molecule has 8 nitrogen and oxygen atoms in total. The number of aryl methyl sites for hydroxylation is 2. The molecule has 0 saturated carbocycles. The largest absolute Gasteiger partial charge is 0.483 e. The average molecular weight is 413 g/mol. The minimum Gasteiger partial charge on any atom is -0.483 e. The molecule has 1 heterocycles. The number of aromatic carboxylic acids is 1. The molecule has 9 heteroatoms. The van der Waals surface area contributed by atoms with Gasteiger partial charge in [-0.3, -0.25) is 4.79 Å². The van der Waals surface area contributed by atoms with E-state index in [1.165, 1.54) is 24.3 Å². The Morgan fingerprint density at radius 2 is 1.79 bits per heavy atom. The smallest absolute Gasteiger partial charge is 0.335 e. The Balaban J connectivity index is 1.48. The summed E-state index contributed by atoms with van der Waals surface area (Å²) in [6.45, 7) is 4.07. The molecule has 29 heavy (non-hydrogen) atoms. The highest BCUT2D eigenvalue weighted by Gasteiger charge is 2.12. The van der Waals surface area contributed by atoms with Crippen LogP contribution in [0.25, 0.3) is 0 Å². The standard InChI is InChI=1S/C20H19N3O5S/c1-12-4-3-5-13(2)18(12)27-10-17-22-23-20(28-17)29-11-16(24)21-15-8-6-14(7-9-15)19(25)26/h3-9H,10-11H2,1-2H3,(H,21,24)(H,25,26). The monoisotopic (exact) mass is 413 g/mol. The molecule has 2 aromatic carbocycles. The van der Waals surface area contributed by atoms with Gasteiger partial charge >= 0.3 is 5.97 Å². The van der Waals surface area contributed by atoms with E-state index in [1.807, 2.05) is 32.0 Å². The topological polar surface area (TPSA) is 115 Å². The van der Waals surface area contributed by atoms with Crippen molar-refractivity contribution in [3.8, 4) is 5.75 Å². The van der Waals surface area contributed by atoms with Gasteiger partial charge in [0.15, 0.2) is 6.61 Å². The number of rotatable bonds is 8. The molecule has 0 aliphatic heterocycles. The van der Waals surface area contributed by atoms with Crippen LogP contribution in [0.3, 0.4) is 0 Å². The summed E-state index contributed by atoms with van der Waals surface area (Å²) in [4.78, 5) is 22.9. The van der Waals surface area contributed by atoms with Gasteiger partial charge in [-0.1, -0.05) is 30.0 Å². The van der Waals surface area contributed by atoms with Gasteiger partial charge in [-0.25, -0.2) is 4.79 Å². The molecule has 3 rings (SSSR count). The normalized spacial score (nSPS) is 10.6. The van der Waals surface area contributed by atoms with Crippen molar-refractivity contribution in [3.63, 3.8) is 0 Å². The van der Waals surface area contributed by atoms with Crippen LogP contribution in [-0.4, -0.2) is 32.9 Å². The quantitative estimate of drug-likeness (QED) is 0.537. The van der Waals surface area contributed by atoms with Crippen LogP contribution in [0.5, 0.6) is 5.75 Å². The number of hydrogen-bond acceptors (Lipinski definition) is 7. The van der Waals surface area contributed by atoms with Crippen LogP contribution in [0, 0.1) is 13.8 Å². The molecular formula is C20H19N3O5S. The molecule has 3 aromatic rings. The zero-order valence-corrected chi connectivity index (χ0v) is 16.7. The van der Waals surface area contributed by atoms with Crippen molar-refractivity contribution < 1.29 is 23.8 Å². The first-order valence-corrected chi connectivity index (χ1v) is 9.68. The van der Waals surface area contributed by atoms with Crippen molar-refractivity contribution in [2.24, 2.45) is 0 Å². The minimum absolute atomic E-state index is 0.0695. The van der Waals surface area contributed by atoms with Crippen LogP contribution in [0.4, 0.5) is 5.69 Å². The van der Waals surface area contributed by atoms with Crippen LogP contribution < -0.4 is 10.1 Å². The lowest BCUT2D eigenvalue weighted by Crippen LogP contribution is -2.14. The van der Waals surface area contributed by atoms with E-state index < -0.39 is 5.97 Å². The van der Waals surface area contributed by atoms with Crippen LogP contribution in [0.1, 0.15) is 27.4 Å². The average Bonchev–Trinajstić information content (AvgIpc) is 3.14. The molecule has 2 N–H and O–H groups in total. The number of amides is 1. The lowest BCUT2D eigenvalue weighted by atomic mass is 10.1. The Hall–Kier alpha value is -3.33. The molecule has 0 fully saturated rings. The highest BCUT2D eigenvalue weighted by atomic mass is 32.2. The van der Waals surface area contributed by atoms with Gasteiger partial charge in [0.1, 0.15) is 5.75 Å². The van der Waals surface area contributed by atoms with Crippen molar-refractivity contribution in [1.82, 2.24) is 10.2 Å². The molecule has 1 amide bonds. The summed E-state index contributed by atoms with van der Waals surface area (Å²) in [5.41, 5.74) is 2.70. The van der Waals surface area contributed by atoms with E-state index in [0.29, 0.717) is 11.6 Å². The number of anilines is 1. The van der Waals surface area contributed by atoms with Gasteiger partial charge in [-0.2, -0.15) is 0 Å². The zero-order valence-electron chi connectivity index (χ0n) is 15.8. The predicted octanol–water partition coefficient (Wildman–Crippen LogP) is 3.69. The number of carbonyl (C=O) groups is 2. The van der Waals surface area contributed by atoms with Crippen LogP contribution >= 0.6 is 11.8 Å². The van der Waals surface area contributed by atoms with E-state index in [-0.39, 0.29) is 29.1 Å². The van der Waals surface area contributed by atoms with Gasteiger partial charge < -0.3 is 19.6 Å². The van der Waals surface area contributed by atoms with E-state index in [2.05, 4.69) is 15.5 Å². The number of ether oxygens (including phenoxy) is 1. The molecule has 0 spiro atoms. The summed E-state index contributed by atoms with van der Waals surface area (Å²) in [7, 11) is 0. The predicted molar refractivity (Wildman–Crippen MR) is 107 cm³/mol. The molecule has 0 aliphatic carbocycles. The number of carbonyl (C=O) groups excluding carboxylic acids is 1.